The average molecular weight is 272 g/mol. The van der Waals surface area contributed by atoms with Crippen LogP contribution in [0, 0.1) is 0 Å². The number of alkyl halides is 8. The Morgan fingerprint density at radius 1 is 0.909 bits per heavy atom. The van der Waals surface area contributed by atoms with Gasteiger partial charge >= 0.3 is 9.97 Å². The molecule has 0 bridgehead atoms. The molecule has 0 aliphatic heterocycles. The molecule has 0 spiro atoms. The van der Waals surface area contributed by atoms with Crippen LogP contribution in [0.5, 0.6) is 0 Å². The number of halogens is 8. The molecule has 0 aliphatic rings. The SMILES string of the molecule is ClCCl.FC(F)(Cl)C(F)(Cl)Cl. The zero-order valence-electron chi connectivity index (χ0n) is 4.73. The molecule has 0 fully saturated rings. The second kappa shape index (κ2) is 5.81. The van der Waals surface area contributed by atoms with Crippen LogP contribution in [-0.4, -0.2) is 15.3 Å². The molecule has 0 heterocycles. The van der Waals surface area contributed by atoms with Crippen molar-refractivity contribution < 1.29 is 13.2 Å². The van der Waals surface area contributed by atoms with E-state index in [0.717, 1.165) is 0 Å². The van der Waals surface area contributed by atoms with Gasteiger partial charge in [-0.25, -0.2) is 0 Å². The average Bonchev–Trinajstić information content (AvgIpc) is 1.60. The van der Waals surface area contributed by atoms with Gasteiger partial charge < -0.3 is 0 Å². The summed E-state index contributed by atoms with van der Waals surface area (Å²) in [5, 5.41) is -4.03. The van der Waals surface area contributed by atoms with Crippen molar-refractivity contribution in [3.63, 3.8) is 0 Å². The maximum atomic E-state index is 11.5. The van der Waals surface area contributed by atoms with E-state index in [0.29, 0.717) is 0 Å². The molecule has 0 nitrogen and oxygen atoms in total. The van der Waals surface area contributed by atoms with Gasteiger partial charge in [0, 0.05) is 0 Å². The molecule has 0 aromatic rings. The second-order valence-corrected chi connectivity index (χ2v) is 3.61. The van der Waals surface area contributed by atoms with Crippen LogP contribution in [0.15, 0.2) is 0 Å². The molecule has 8 heteroatoms. The Bertz CT molecular complexity index is 82.1. The Labute approximate surface area is 86.5 Å². The molecule has 11 heavy (non-hydrogen) atoms. The van der Waals surface area contributed by atoms with Crippen LogP contribution >= 0.6 is 58.0 Å². The third-order valence-electron chi connectivity index (χ3n) is 0.321. The van der Waals surface area contributed by atoms with E-state index in [1.165, 1.54) is 0 Å². The van der Waals surface area contributed by atoms with Gasteiger partial charge in [0.15, 0.2) is 0 Å². The lowest BCUT2D eigenvalue weighted by molar-refractivity contribution is 0.0241. The molecule has 70 valence electrons. The van der Waals surface area contributed by atoms with Crippen molar-refractivity contribution in [2.45, 2.75) is 9.97 Å². The monoisotopic (exact) mass is 270 g/mol. The molecule has 0 saturated carbocycles. The molecule has 0 aromatic carbocycles. The highest BCUT2D eigenvalue weighted by atomic mass is 35.5. The zero-order chi connectivity index (χ0) is 9.71. The van der Waals surface area contributed by atoms with Crippen molar-refractivity contribution in [3.05, 3.63) is 0 Å². The highest BCUT2D eigenvalue weighted by molar-refractivity contribution is 6.51. The first-order valence-corrected chi connectivity index (χ1v) is 4.12. The minimum Gasteiger partial charge on any atom is -0.199 e. The van der Waals surface area contributed by atoms with Crippen molar-refractivity contribution >= 4 is 58.0 Å². The Balaban J connectivity index is 0. The largest absolute Gasteiger partial charge is 0.383 e. The minimum atomic E-state index is -4.23. The molecule has 0 rings (SSSR count). The lowest BCUT2D eigenvalue weighted by Gasteiger charge is -2.13. The van der Waals surface area contributed by atoms with Crippen molar-refractivity contribution in [1.29, 1.82) is 0 Å². The summed E-state index contributed by atoms with van der Waals surface area (Å²) in [7, 11) is 0. The molecule has 0 aliphatic carbocycles. The summed E-state index contributed by atoms with van der Waals surface area (Å²) < 4.78 is 30.6. The molecule has 0 saturated heterocycles. The summed E-state index contributed by atoms with van der Waals surface area (Å²) in [6.07, 6.45) is 0. The first-order chi connectivity index (χ1) is 4.66. The van der Waals surface area contributed by atoms with Gasteiger partial charge in [-0.05, 0) is 11.6 Å². The third kappa shape index (κ3) is 9.15. The van der Waals surface area contributed by atoms with Crippen molar-refractivity contribution in [2.75, 3.05) is 5.34 Å². The van der Waals surface area contributed by atoms with Gasteiger partial charge in [-0.3, -0.25) is 0 Å². The van der Waals surface area contributed by atoms with Crippen LogP contribution in [0.4, 0.5) is 13.2 Å². The van der Waals surface area contributed by atoms with E-state index in [1.54, 1.807) is 0 Å². The standard InChI is InChI=1S/C2Cl3F3.CH2Cl2/c3-1(4,6)2(5,7)8;2-1-3/h;1H2. The highest BCUT2D eigenvalue weighted by Gasteiger charge is 2.51. The van der Waals surface area contributed by atoms with Gasteiger partial charge in [-0.15, -0.1) is 23.2 Å². The van der Waals surface area contributed by atoms with E-state index < -0.39 is 9.97 Å². The van der Waals surface area contributed by atoms with Gasteiger partial charge in [-0.1, -0.05) is 23.2 Å². The predicted molar refractivity (Wildman–Crippen MR) is 42.9 cm³/mol. The normalized spacial score (nSPS) is 12.0. The molecule has 0 atom stereocenters. The molecule has 0 unspecified atom stereocenters. The van der Waals surface area contributed by atoms with Crippen molar-refractivity contribution in [2.24, 2.45) is 0 Å². The van der Waals surface area contributed by atoms with Gasteiger partial charge in [0.1, 0.15) is 0 Å². The fourth-order valence-electron chi connectivity index (χ4n) is 0. The van der Waals surface area contributed by atoms with Crippen molar-refractivity contribution in [3.8, 4) is 0 Å². The van der Waals surface area contributed by atoms with Gasteiger partial charge in [0.2, 0.25) is 0 Å². The third-order valence-corrected chi connectivity index (χ3v) is 1.25. The second-order valence-electron chi connectivity index (χ2n) is 1.10. The molecule has 0 N–H and O–H groups in total. The number of hydrogen-bond donors (Lipinski definition) is 0. The minimum absolute atomic E-state index is 0.194. The fraction of sp³-hybridized carbons (Fsp3) is 1.00. The summed E-state index contributed by atoms with van der Waals surface area (Å²) >= 11 is 22.0. The molecule has 0 aromatic heterocycles. The van der Waals surface area contributed by atoms with Crippen LogP contribution in [0.25, 0.3) is 0 Å². The van der Waals surface area contributed by atoms with Crippen molar-refractivity contribution in [1.82, 2.24) is 0 Å². The lowest BCUT2D eigenvalue weighted by atomic mass is 10.8. The molecular formula is C3H2Cl5F3. The van der Waals surface area contributed by atoms with Gasteiger partial charge in [0.05, 0.1) is 5.34 Å². The summed E-state index contributed by atoms with van der Waals surface area (Å²) in [6, 6.07) is 0. The van der Waals surface area contributed by atoms with E-state index in [4.69, 9.17) is 23.2 Å². The van der Waals surface area contributed by atoms with Gasteiger partial charge in [0.25, 0.3) is 0 Å². The van der Waals surface area contributed by atoms with E-state index in [2.05, 4.69) is 34.8 Å². The van der Waals surface area contributed by atoms with Gasteiger partial charge in [-0.2, -0.15) is 13.2 Å². The molecular weight excluding hydrogens is 270 g/mol. The Kier molecular flexibility index (Phi) is 7.79. The summed E-state index contributed by atoms with van der Waals surface area (Å²) in [5.74, 6) is 0. The van der Waals surface area contributed by atoms with Crippen LogP contribution in [-0.2, 0) is 0 Å². The van der Waals surface area contributed by atoms with Crippen LogP contribution in [0.2, 0.25) is 0 Å². The summed E-state index contributed by atoms with van der Waals surface area (Å²) in [4.78, 5) is 0. The summed E-state index contributed by atoms with van der Waals surface area (Å²) in [5.41, 5.74) is 0. The highest BCUT2D eigenvalue weighted by Crippen LogP contribution is 2.42. The maximum Gasteiger partial charge on any atom is 0.383 e. The fourth-order valence-corrected chi connectivity index (χ4v) is 0. The van der Waals surface area contributed by atoms with Crippen LogP contribution in [0.3, 0.4) is 0 Å². The first-order valence-electron chi connectivity index (χ1n) is 1.92. The van der Waals surface area contributed by atoms with E-state index in [1.807, 2.05) is 0 Å². The first kappa shape index (κ1) is 14.7. The lowest BCUT2D eigenvalue weighted by Crippen LogP contribution is -2.27. The summed E-state index contributed by atoms with van der Waals surface area (Å²) in [6.45, 7) is 0. The number of rotatable bonds is 1. The Morgan fingerprint density at radius 3 is 1.00 bits per heavy atom. The Morgan fingerprint density at radius 2 is 1.00 bits per heavy atom. The van der Waals surface area contributed by atoms with E-state index >= 15 is 0 Å². The topological polar surface area (TPSA) is 0 Å². The predicted octanol–water partition coefficient (Wildman–Crippen LogP) is 4.34. The Hall–Kier alpha value is 1.24. The smallest absolute Gasteiger partial charge is 0.199 e. The quantitative estimate of drug-likeness (QED) is 0.623. The molecule has 0 radical (unpaired) electrons. The zero-order valence-corrected chi connectivity index (χ0v) is 8.51. The maximum absolute atomic E-state index is 11.5. The molecule has 0 amide bonds. The van der Waals surface area contributed by atoms with Crippen LogP contribution in [0.1, 0.15) is 0 Å². The van der Waals surface area contributed by atoms with E-state index in [-0.39, 0.29) is 5.34 Å². The van der Waals surface area contributed by atoms with Crippen LogP contribution < -0.4 is 0 Å². The van der Waals surface area contributed by atoms with E-state index in [9.17, 15) is 13.2 Å². The number of hydrogen-bond acceptors (Lipinski definition) is 0.